The largest absolute Gasteiger partial charge is 0.493 e. The highest BCUT2D eigenvalue weighted by Gasteiger charge is 2.34. The number of amides is 3. The Morgan fingerprint density at radius 2 is 1.88 bits per heavy atom. The Labute approximate surface area is 202 Å². The third-order valence-corrected chi connectivity index (χ3v) is 5.43. The number of hydrogen-bond acceptors (Lipinski definition) is 9. The number of ether oxygens (including phenoxy) is 4. The minimum atomic E-state index is -0.874. The van der Waals surface area contributed by atoms with E-state index in [4.69, 9.17) is 13.9 Å². The summed E-state index contributed by atoms with van der Waals surface area (Å²) >= 11 is 3.40. The number of carbonyl (C=O) groups is 4. The van der Waals surface area contributed by atoms with Crippen molar-refractivity contribution in [1.82, 2.24) is 10.2 Å². The van der Waals surface area contributed by atoms with E-state index >= 15 is 0 Å². The van der Waals surface area contributed by atoms with Gasteiger partial charge in [0.15, 0.2) is 17.6 Å². The van der Waals surface area contributed by atoms with Crippen molar-refractivity contribution in [3.8, 4) is 11.5 Å². The summed E-state index contributed by atoms with van der Waals surface area (Å²) in [6.07, 6.45) is 0.586. The van der Waals surface area contributed by atoms with Crippen LogP contribution in [0.15, 0.2) is 38.9 Å². The van der Waals surface area contributed by atoms with E-state index in [-0.39, 0.29) is 29.5 Å². The minimum Gasteiger partial charge on any atom is -0.493 e. The van der Waals surface area contributed by atoms with Crippen LogP contribution in [-0.4, -0.2) is 56.2 Å². The maximum atomic E-state index is 12.8. The lowest BCUT2D eigenvalue weighted by atomic mass is 10.1. The van der Waals surface area contributed by atoms with Crippen LogP contribution in [0.5, 0.6) is 11.5 Å². The van der Waals surface area contributed by atoms with E-state index < -0.39 is 30.0 Å². The molecular weight excluding hydrogens is 516 g/mol. The number of carbonyl (C=O) groups excluding carboxylic acids is 4. The second-order valence-electron chi connectivity index (χ2n) is 6.94. The molecule has 180 valence electrons. The van der Waals surface area contributed by atoms with Crippen molar-refractivity contribution >= 4 is 45.9 Å². The Balaban J connectivity index is 1.82. The number of furan rings is 1. The van der Waals surface area contributed by atoms with Crippen LogP contribution >= 0.6 is 15.9 Å². The number of methoxy groups -OCH3 is 3. The summed E-state index contributed by atoms with van der Waals surface area (Å²) in [6.45, 7) is 1.35. The Morgan fingerprint density at radius 3 is 2.53 bits per heavy atom. The number of halogens is 1. The number of imide groups is 1. The maximum Gasteiger partial charge on any atom is 0.373 e. The molecule has 11 nitrogen and oxygen atoms in total. The molecule has 1 fully saturated rings. The normalized spacial score (nSPS) is 15.2. The average Bonchev–Trinajstić information content (AvgIpc) is 3.39. The van der Waals surface area contributed by atoms with Gasteiger partial charge in [0.1, 0.15) is 11.5 Å². The Hall–Kier alpha value is -3.80. The first-order chi connectivity index (χ1) is 16.2. The zero-order valence-electron chi connectivity index (χ0n) is 18.7. The van der Waals surface area contributed by atoms with Crippen molar-refractivity contribution in [1.29, 1.82) is 0 Å². The van der Waals surface area contributed by atoms with Crippen LogP contribution in [-0.2, 0) is 25.6 Å². The molecule has 3 amide bonds. The number of nitrogens with one attached hydrogen (secondary N) is 1. The third-order valence-electron chi connectivity index (χ3n) is 4.74. The monoisotopic (exact) mass is 536 g/mol. The van der Waals surface area contributed by atoms with Gasteiger partial charge in [-0.1, -0.05) is 15.9 Å². The SMILES string of the molecule is COC(=O)c1ccc(CN2C(=O)N/C(=C\c3cc(OC)c(O[C@H](C)C(=O)OC)cc3Br)C2=O)o1. The van der Waals surface area contributed by atoms with Crippen molar-refractivity contribution in [3.05, 3.63) is 51.5 Å². The van der Waals surface area contributed by atoms with Crippen molar-refractivity contribution in [2.75, 3.05) is 21.3 Å². The molecule has 1 aliphatic rings. The number of benzene rings is 1. The summed E-state index contributed by atoms with van der Waals surface area (Å²) in [5, 5.41) is 2.51. The molecule has 2 aromatic rings. The summed E-state index contributed by atoms with van der Waals surface area (Å²) < 4.78 is 26.0. The van der Waals surface area contributed by atoms with Crippen molar-refractivity contribution in [2.24, 2.45) is 0 Å². The van der Waals surface area contributed by atoms with Gasteiger partial charge in [-0.15, -0.1) is 0 Å². The molecule has 3 rings (SSSR count). The summed E-state index contributed by atoms with van der Waals surface area (Å²) in [4.78, 5) is 49.3. The number of nitrogens with zero attached hydrogens (tertiary/aromatic N) is 1. The molecular formula is C22H21BrN2O9. The molecule has 12 heteroatoms. The minimum absolute atomic E-state index is 0.0177. The summed E-state index contributed by atoms with van der Waals surface area (Å²) in [6, 6.07) is 5.37. The smallest absolute Gasteiger partial charge is 0.373 e. The number of hydrogen-bond donors (Lipinski definition) is 1. The highest BCUT2D eigenvalue weighted by Crippen LogP contribution is 2.35. The van der Waals surface area contributed by atoms with Crippen LogP contribution in [0.1, 0.15) is 28.8 Å². The lowest BCUT2D eigenvalue weighted by molar-refractivity contribution is -0.148. The van der Waals surface area contributed by atoms with E-state index in [0.717, 1.165) is 4.90 Å². The van der Waals surface area contributed by atoms with E-state index in [1.165, 1.54) is 46.5 Å². The van der Waals surface area contributed by atoms with Crippen molar-refractivity contribution < 1.29 is 42.5 Å². The first-order valence-corrected chi connectivity index (χ1v) is 10.6. The highest BCUT2D eigenvalue weighted by atomic mass is 79.9. The van der Waals surface area contributed by atoms with Gasteiger partial charge in [-0.3, -0.25) is 9.69 Å². The van der Waals surface area contributed by atoms with Gasteiger partial charge in [-0.25, -0.2) is 14.4 Å². The number of urea groups is 1. The zero-order chi connectivity index (χ0) is 25.0. The predicted molar refractivity (Wildman–Crippen MR) is 120 cm³/mol. The molecule has 1 atom stereocenters. The first kappa shape index (κ1) is 24.8. The zero-order valence-corrected chi connectivity index (χ0v) is 20.3. The average molecular weight is 537 g/mol. The van der Waals surface area contributed by atoms with Gasteiger partial charge in [0.2, 0.25) is 5.76 Å². The molecule has 0 aliphatic carbocycles. The Morgan fingerprint density at radius 1 is 1.15 bits per heavy atom. The lowest BCUT2D eigenvalue weighted by Crippen LogP contribution is -2.30. The van der Waals surface area contributed by atoms with E-state index in [2.05, 4.69) is 30.7 Å². The van der Waals surface area contributed by atoms with E-state index in [0.29, 0.717) is 15.8 Å². The molecule has 0 unspecified atom stereocenters. The Kier molecular flexibility index (Phi) is 7.61. The van der Waals surface area contributed by atoms with Gasteiger partial charge in [-0.2, -0.15) is 0 Å². The van der Waals surface area contributed by atoms with Crippen molar-refractivity contribution in [2.45, 2.75) is 19.6 Å². The summed E-state index contributed by atoms with van der Waals surface area (Å²) in [5.74, 6) is -1.06. The van der Waals surface area contributed by atoms with E-state index in [1.807, 2.05) is 0 Å². The van der Waals surface area contributed by atoms with Crippen LogP contribution in [0, 0.1) is 0 Å². The quantitative estimate of drug-likeness (QED) is 0.307. The van der Waals surface area contributed by atoms with Crippen LogP contribution in [0.25, 0.3) is 6.08 Å². The molecule has 1 aliphatic heterocycles. The van der Waals surface area contributed by atoms with Gasteiger partial charge >= 0.3 is 18.0 Å². The highest BCUT2D eigenvalue weighted by molar-refractivity contribution is 9.10. The molecule has 1 aromatic carbocycles. The van der Waals surface area contributed by atoms with E-state index in [9.17, 15) is 19.2 Å². The van der Waals surface area contributed by atoms with Crippen LogP contribution < -0.4 is 14.8 Å². The first-order valence-electron chi connectivity index (χ1n) is 9.82. The molecule has 0 bridgehead atoms. The fraction of sp³-hybridized carbons (Fsp3) is 0.273. The van der Waals surface area contributed by atoms with Gasteiger partial charge in [0.05, 0.1) is 27.9 Å². The van der Waals surface area contributed by atoms with Gasteiger partial charge in [0.25, 0.3) is 5.91 Å². The fourth-order valence-electron chi connectivity index (χ4n) is 3.02. The van der Waals surface area contributed by atoms with Crippen LogP contribution in [0.3, 0.4) is 0 Å². The number of esters is 2. The molecule has 1 N–H and O–H groups in total. The predicted octanol–water partition coefficient (Wildman–Crippen LogP) is 2.87. The standard InChI is InChI=1S/C22H21BrN2O9/c1-11(20(27)31-3)33-18-9-14(23)12(8-17(18)30-2)7-15-19(26)25(22(29)24-15)10-13-5-6-16(34-13)21(28)32-4/h5-9,11H,10H2,1-4H3,(H,24,29)/b15-7-/t11-/m1/s1. The van der Waals surface area contributed by atoms with Gasteiger partial charge in [-0.05, 0) is 42.8 Å². The molecule has 0 radical (unpaired) electrons. The second kappa shape index (κ2) is 10.4. The number of rotatable bonds is 8. The molecule has 0 spiro atoms. The Bertz CT molecular complexity index is 1170. The lowest BCUT2D eigenvalue weighted by Gasteiger charge is -2.16. The fourth-order valence-corrected chi connectivity index (χ4v) is 3.45. The summed E-state index contributed by atoms with van der Waals surface area (Å²) in [5.41, 5.74) is 0.524. The maximum absolute atomic E-state index is 12.8. The molecule has 1 aromatic heterocycles. The van der Waals surface area contributed by atoms with Crippen LogP contribution in [0.4, 0.5) is 4.79 Å². The summed E-state index contributed by atoms with van der Waals surface area (Å²) in [7, 11) is 3.89. The van der Waals surface area contributed by atoms with E-state index in [1.54, 1.807) is 12.1 Å². The molecule has 34 heavy (non-hydrogen) atoms. The topological polar surface area (TPSA) is 134 Å². The molecule has 0 saturated carbocycles. The van der Waals surface area contributed by atoms with Crippen molar-refractivity contribution in [3.63, 3.8) is 0 Å². The van der Waals surface area contributed by atoms with Gasteiger partial charge < -0.3 is 28.7 Å². The third kappa shape index (κ3) is 5.22. The second-order valence-corrected chi connectivity index (χ2v) is 7.80. The molecule has 1 saturated heterocycles. The van der Waals surface area contributed by atoms with Crippen LogP contribution in [0.2, 0.25) is 0 Å². The molecule has 2 heterocycles. The van der Waals surface area contributed by atoms with Gasteiger partial charge in [0, 0.05) is 4.47 Å².